The van der Waals surface area contributed by atoms with Crippen molar-refractivity contribution in [2.45, 2.75) is 39.2 Å². The summed E-state index contributed by atoms with van der Waals surface area (Å²) in [5.74, 6) is 1.05. The molecule has 21 heavy (non-hydrogen) atoms. The summed E-state index contributed by atoms with van der Waals surface area (Å²) in [5.41, 5.74) is 1.88. The molecule has 0 saturated heterocycles. The van der Waals surface area contributed by atoms with Crippen molar-refractivity contribution in [1.29, 1.82) is 0 Å². The highest BCUT2D eigenvalue weighted by Crippen LogP contribution is 2.16. The van der Waals surface area contributed by atoms with Crippen LogP contribution >= 0.6 is 0 Å². The summed E-state index contributed by atoms with van der Waals surface area (Å²) < 4.78 is 5.33. The van der Waals surface area contributed by atoms with Crippen LogP contribution in [0.1, 0.15) is 32.4 Å². The van der Waals surface area contributed by atoms with E-state index >= 15 is 0 Å². The van der Waals surface area contributed by atoms with E-state index in [-0.39, 0.29) is 5.91 Å². The highest BCUT2D eigenvalue weighted by atomic mass is 16.3. The molecule has 1 atom stereocenters. The van der Waals surface area contributed by atoms with Crippen molar-refractivity contribution in [2.24, 2.45) is 0 Å². The summed E-state index contributed by atoms with van der Waals surface area (Å²) in [4.78, 5) is 11.3. The Hall–Kier alpha value is -2.23. The Morgan fingerprint density at radius 2 is 1.90 bits per heavy atom. The van der Waals surface area contributed by atoms with E-state index in [4.69, 9.17) is 4.42 Å². The third-order valence-corrected chi connectivity index (χ3v) is 3.31. The smallest absolute Gasteiger partial charge is 0.224 e. The van der Waals surface area contributed by atoms with Crippen LogP contribution in [0, 0.1) is 0 Å². The average molecular weight is 286 g/mol. The second-order valence-electron chi connectivity index (χ2n) is 5.14. The van der Waals surface area contributed by atoms with Gasteiger partial charge in [0.1, 0.15) is 5.76 Å². The number of hydrogen-bond donors (Lipinski definition) is 2. The SMILES string of the molecule is CCC(=O)Nc1ccc(NC(C)CCc2ccco2)cc1. The standard InChI is InChI=1S/C17H22N2O2/c1-3-17(20)19-15-9-7-14(8-10-15)18-13(2)6-11-16-5-4-12-21-16/h4-5,7-10,12-13,18H,3,6,11H2,1-2H3,(H,19,20). The number of hydrogen-bond acceptors (Lipinski definition) is 3. The molecule has 2 rings (SSSR count). The minimum Gasteiger partial charge on any atom is -0.469 e. The van der Waals surface area contributed by atoms with Gasteiger partial charge in [-0.1, -0.05) is 6.92 Å². The van der Waals surface area contributed by atoms with Gasteiger partial charge in [-0.2, -0.15) is 0 Å². The number of benzene rings is 1. The Kier molecular flexibility index (Phi) is 5.43. The van der Waals surface area contributed by atoms with Crippen molar-refractivity contribution in [2.75, 3.05) is 10.6 Å². The normalized spacial score (nSPS) is 11.9. The van der Waals surface area contributed by atoms with Gasteiger partial charge < -0.3 is 15.1 Å². The number of amides is 1. The molecule has 2 N–H and O–H groups in total. The van der Waals surface area contributed by atoms with E-state index in [0.29, 0.717) is 12.5 Å². The van der Waals surface area contributed by atoms with Gasteiger partial charge in [-0.3, -0.25) is 4.79 Å². The van der Waals surface area contributed by atoms with Crippen LogP contribution in [0.2, 0.25) is 0 Å². The first kappa shape index (κ1) is 15.2. The number of aryl methyl sites for hydroxylation is 1. The van der Waals surface area contributed by atoms with Crippen LogP contribution in [-0.2, 0) is 11.2 Å². The summed E-state index contributed by atoms with van der Waals surface area (Å²) in [5, 5.41) is 6.28. The monoisotopic (exact) mass is 286 g/mol. The molecule has 4 heteroatoms. The van der Waals surface area contributed by atoms with Crippen LogP contribution in [0.25, 0.3) is 0 Å². The molecular weight excluding hydrogens is 264 g/mol. The summed E-state index contributed by atoms with van der Waals surface area (Å²) in [6, 6.07) is 12.0. The maximum atomic E-state index is 11.3. The molecule has 0 fully saturated rings. The van der Waals surface area contributed by atoms with Crippen LogP contribution in [-0.4, -0.2) is 11.9 Å². The van der Waals surface area contributed by atoms with Gasteiger partial charge in [0.15, 0.2) is 0 Å². The first-order chi connectivity index (χ1) is 10.2. The number of furan rings is 1. The zero-order valence-corrected chi connectivity index (χ0v) is 12.6. The van der Waals surface area contributed by atoms with Gasteiger partial charge >= 0.3 is 0 Å². The Labute approximate surface area is 125 Å². The van der Waals surface area contributed by atoms with E-state index < -0.39 is 0 Å². The van der Waals surface area contributed by atoms with Crippen molar-refractivity contribution in [3.63, 3.8) is 0 Å². The molecular formula is C17H22N2O2. The maximum absolute atomic E-state index is 11.3. The topological polar surface area (TPSA) is 54.3 Å². The maximum Gasteiger partial charge on any atom is 0.224 e. The first-order valence-corrected chi connectivity index (χ1v) is 7.36. The zero-order valence-electron chi connectivity index (χ0n) is 12.6. The molecule has 0 aliphatic heterocycles. The lowest BCUT2D eigenvalue weighted by Gasteiger charge is -2.15. The largest absolute Gasteiger partial charge is 0.469 e. The molecule has 0 radical (unpaired) electrons. The molecule has 0 bridgehead atoms. The van der Waals surface area contributed by atoms with Crippen LogP contribution in [0.5, 0.6) is 0 Å². The summed E-state index contributed by atoms with van der Waals surface area (Å²) in [7, 11) is 0. The van der Waals surface area contributed by atoms with Crippen molar-refractivity contribution < 1.29 is 9.21 Å². The average Bonchev–Trinajstić information content (AvgIpc) is 3.00. The number of rotatable bonds is 7. The Bertz CT molecular complexity index is 547. The van der Waals surface area contributed by atoms with Crippen LogP contribution in [0.3, 0.4) is 0 Å². The fourth-order valence-electron chi connectivity index (χ4n) is 2.07. The fourth-order valence-corrected chi connectivity index (χ4v) is 2.07. The first-order valence-electron chi connectivity index (χ1n) is 7.36. The number of nitrogens with one attached hydrogen (secondary N) is 2. The van der Waals surface area contributed by atoms with E-state index in [1.807, 2.05) is 43.3 Å². The van der Waals surface area contributed by atoms with Gasteiger partial charge in [-0.25, -0.2) is 0 Å². The van der Waals surface area contributed by atoms with Gasteiger partial charge in [0.2, 0.25) is 5.91 Å². The van der Waals surface area contributed by atoms with Crippen LogP contribution in [0.15, 0.2) is 47.1 Å². The lowest BCUT2D eigenvalue weighted by molar-refractivity contribution is -0.115. The van der Waals surface area contributed by atoms with E-state index in [0.717, 1.165) is 30.0 Å². The molecule has 1 unspecified atom stereocenters. The molecule has 0 saturated carbocycles. The second kappa shape index (κ2) is 7.53. The quantitative estimate of drug-likeness (QED) is 0.807. The minimum atomic E-state index is 0.0301. The summed E-state index contributed by atoms with van der Waals surface area (Å²) in [6.07, 6.45) is 4.12. The molecule has 0 spiro atoms. The van der Waals surface area contributed by atoms with Crippen LogP contribution < -0.4 is 10.6 Å². The van der Waals surface area contributed by atoms with E-state index in [1.165, 1.54) is 0 Å². The molecule has 4 nitrogen and oxygen atoms in total. The number of anilines is 2. The molecule has 2 aromatic rings. The van der Waals surface area contributed by atoms with E-state index in [9.17, 15) is 4.79 Å². The van der Waals surface area contributed by atoms with Gasteiger partial charge in [-0.05, 0) is 49.7 Å². The number of carbonyl (C=O) groups excluding carboxylic acids is 1. The van der Waals surface area contributed by atoms with Crippen LogP contribution in [0.4, 0.5) is 11.4 Å². The third-order valence-electron chi connectivity index (χ3n) is 3.31. The lowest BCUT2D eigenvalue weighted by atomic mass is 10.1. The van der Waals surface area contributed by atoms with E-state index in [2.05, 4.69) is 17.6 Å². The van der Waals surface area contributed by atoms with Crippen molar-refractivity contribution >= 4 is 17.3 Å². The lowest BCUT2D eigenvalue weighted by Crippen LogP contribution is -2.16. The molecule has 1 aromatic carbocycles. The highest BCUT2D eigenvalue weighted by Gasteiger charge is 2.05. The van der Waals surface area contributed by atoms with Gasteiger partial charge in [0, 0.05) is 30.3 Å². The van der Waals surface area contributed by atoms with E-state index in [1.54, 1.807) is 6.26 Å². The minimum absolute atomic E-state index is 0.0301. The van der Waals surface area contributed by atoms with Crippen molar-refractivity contribution in [3.8, 4) is 0 Å². The Morgan fingerprint density at radius 1 is 1.19 bits per heavy atom. The second-order valence-corrected chi connectivity index (χ2v) is 5.14. The predicted molar refractivity (Wildman–Crippen MR) is 85.5 cm³/mol. The summed E-state index contributed by atoms with van der Waals surface area (Å²) >= 11 is 0. The molecule has 1 amide bonds. The summed E-state index contributed by atoms with van der Waals surface area (Å²) in [6.45, 7) is 3.99. The Balaban J connectivity index is 1.80. The highest BCUT2D eigenvalue weighted by molar-refractivity contribution is 5.90. The molecule has 1 heterocycles. The van der Waals surface area contributed by atoms with Gasteiger partial charge in [-0.15, -0.1) is 0 Å². The number of carbonyl (C=O) groups is 1. The van der Waals surface area contributed by atoms with Gasteiger partial charge in [0.05, 0.1) is 6.26 Å². The van der Waals surface area contributed by atoms with Crippen molar-refractivity contribution in [1.82, 2.24) is 0 Å². The molecule has 112 valence electrons. The van der Waals surface area contributed by atoms with Crippen molar-refractivity contribution in [3.05, 3.63) is 48.4 Å². The third kappa shape index (κ3) is 4.99. The zero-order chi connectivity index (χ0) is 15.1. The van der Waals surface area contributed by atoms with Gasteiger partial charge in [0.25, 0.3) is 0 Å². The fraction of sp³-hybridized carbons (Fsp3) is 0.353. The predicted octanol–water partition coefficient (Wildman–Crippen LogP) is 4.06. The molecule has 1 aromatic heterocycles. The Morgan fingerprint density at radius 3 is 2.52 bits per heavy atom. The molecule has 0 aliphatic rings. The molecule has 0 aliphatic carbocycles.